The summed E-state index contributed by atoms with van der Waals surface area (Å²) < 4.78 is 15.3. The number of nitrogens with one attached hydrogen (secondary N) is 1. The molecule has 0 aliphatic carbocycles. The lowest BCUT2D eigenvalue weighted by molar-refractivity contribution is 0.0692. The minimum atomic E-state index is -1.28. The first-order valence-electron chi connectivity index (χ1n) is 6.37. The van der Waals surface area contributed by atoms with Gasteiger partial charge in [-0.15, -0.1) is 0 Å². The summed E-state index contributed by atoms with van der Waals surface area (Å²) in [5, 5.41) is 12.0. The van der Waals surface area contributed by atoms with Crippen LogP contribution in [0.4, 0.5) is 10.1 Å². The van der Waals surface area contributed by atoms with Crippen LogP contribution < -0.4 is 5.32 Å². The predicted molar refractivity (Wildman–Crippen MR) is 73.2 cm³/mol. The molecule has 0 aliphatic heterocycles. The van der Waals surface area contributed by atoms with Gasteiger partial charge in [-0.05, 0) is 24.6 Å². The third kappa shape index (κ3) is 3.14. The number of nitrogens with zero attached hydrogens (tertiary/aromatic N) is 2. The Morgan fingerprint density at radius 2 is 2.30 bits per heavy atom. The molecule has 106 valence electrons. The number of imidazole rings is 1. The highest BCUT2D eigenvalue weighted by Gasteiger charge is 2.11. The molecule has 0 saturated carbocycles. The number of hydrogen-bond donors (Lipinski definition) is 2. The fourth-order valence-corrected chi connectivity index (χ4v) is 1.93. The van der Waals surface area contributed by atoms with Crippen molar-refractivity contribution in [3.05, 3.63) is 47.8 Å². The zero-order valence-corrected chi connectivity index (χ0v) is 11.1. The molecule has 0 saturated heterocycles. The minimum absolute atomic E-state index is 0.336. The molecule has 0 bridgehead atoms. The first-order chi connectivity index (χ1) is 9.61. The Labute approximate surface area is 116 Å². The van der Waals surface area contributed by atoms with Gasteiger partial charge in [-0.25, -0.2) is 14.2 Å². The summed E-state index contributed by atoms with van der Waals surface area (Å²) in [4.78, 5) is 14.9. The number of aryl methyl sites for hydroxylation is 1. The van der Waals surface area contributed by atoms with Gasteiger partial charge in [-0.2, -0.15) is 0 Å². The molecule has 2 N–H and O–H groups in total. The molecule has 0 aliphatic rings. The van der Waals surface area contributed by atoms with E-state index in [0.29, 0.717) is 12.2 Å². The van der Waals surface area contributed by atoms with Crippen molar-refractivity contribution < 1.29 is 14.3 Å². The van der Waals surface area contributed by atoms with Crippen molar-refractivity contribution in [2.24, 2.45) is 0 Å². The zero-order chi connectivity index (χ0) is 14.5. The molecular formula is C14H16FN3O2. The Morgan fingerprint density at radius 1 is 1.50 bits per heavy atom. The molecular weight excluding hydrogens is 261 g/mol. The van der Waals surface area contributed by atoms with Crippen molar-refractivity contribution in [2.75, 3.05) is 5.32 Å². The normalized spacial score (nSPS) is 10.5. The molecule has 0 radical (unpaired) electrons. The van der Waals surface area contributed by atoms with E-state index in [2.05, 4.69) is 17.2 Å². The number of halogens is 1. The number of rotatable bonds is 6. The van der Waals surface area contributed by atoms with Crippen LogP contribution in [0.2, 0.25) is 0 Å². The Bertz CT molecular complexity index is 610. The predicted octanol–water partition coefficient (Wildman–Crippen LogP) is 2.74. The fraction of sp³-hybridized carbons (Fsp3) is 0.286. The van der Waals surface area contributed by atoms with E-state index in [1.54, 1.807) is 12.5 Å². The van der Waals surface area contributed by atoms with Gasteiger partial charge in [0.1, 0.15) is 5.82 Å². The topological polar surface area (TPSA) is 67.2 Å². The van der Waals surface area contributed by atoms with Crippen LogP contribution in [0.5, 0.6) is 0 Å². The summed E-state index contributed by atoms with van der Waals surface area (Å²) in [6.45, 7) is 3.46. The molecule has 6 heteroatoms. The minimum Gasteiger partial charge on any atom is -0.478 e. The van der Waals surface area contributed by atoms with E-state index in [9.17, 15) is 9.18 Å². The second kappa shape index (κ2) is 6.18. The number of carboxylic acid groups (broad SMARTS) is 1. The fourth-order valence-electron chi connectivity index (χ4n) is 1.93. The van der Waals surface area contributed by atoms with E-state index < -0.39 is 11.8 Å². The van der Waals surface area contributed by atoms with E-state index in [1.165, 1.54) is 12.1 Å². The number of carbonyl (C=O) groups is 1. The van der Waals surface area contributed by atoms with E-state index >= 15 is 0 Å². The van der Waals surface area contributed by atoms with Crippen LogP contribution in [0.1, 0.15) is 29.4 Å². The number of carboxylic acids is 1. The van der Waals surface area contributed by atoms with Crippen molar-refractivity contribution in [2.45, 2.75) is 26.4 Å². The third-order valence-electron chi connectivity index (χ3n) is 2.93. The Hall–Kier alpha value is -2.37. The lowest BCUT2D eigenvalue weighted by Gasteiger charge is -2.10. The molecule has 0 fully saturated rings. The van der Waals surface area contributed by atoms with Crippen molar-refractivity contribution in [1.82, 2.24) is 9.55 Å². The SMILES string of the molecule is CCCn1cncc1CNc1ccc(F)c(C(=O)O)c1. The van der Waals surface area contributed by atoms with Crippen LogP contribution >= 0.6 is 0 Å². The van der Waals surface area contributed by atoms with E-state index in [-0.39, 0.29) is 5.56 Å². The van der Waals surface area contributed by atoms with Gasteiger partial charge >= 0.3 is 5.97 Å². The van der Waals surface area contributed by atoms with E-state index in [0.717, 1.165) is 24.7 Å². The molecule has 2 aromatic rings. The highest BCUT2D eigenvalue weighted by molar-refractivity contribution is 5.89. The van der Waals surface area contributed by atoms with Gasteiger partial charge in [-0.3, -0.25) is 0 Å². The molecule has 0 spiro atoms. The van der Waals surface area contributed by atoms with Crippen LogP contribution in [-0.2, 0) is 13.1 Å². The second-order valence-corrected chi connectivity index (χ2v) is 4.43. The highest BCUT2D eigenvalue weighted by atomic mass is 19.1. The maximum atomic E-state index is 13.3. The van der Waals surface area contributed by atoms with Gasteiger partial charge < -0.3 is 15.0 Å². The Balaban J connectivity index is 2.09. The zero-order valence-electron chi connectivity index (χ0n) is 11.1. The van der Waals surface area contributed by atoms with Crippen molar-refractivity contribution in [3.8, 4) is 0 Å². The standard InChI is InChI=1S/C14H16FN3O2/c1-2-5-18-9-16-7-11(18)8-17-10-3-4-13(15)12(6-10)14(19)20/h3-4,6-7,9,17H,2,5,8H2,1H3,(H,19,20). The molecule has 0 unspecified atom stereocenters. The quantitative estimate of drug-likeness (QED) is 0.852. The lowest BCUT2D eigenvalue weighted by Crippen LogP contribution is -2.08. The molecule has 0 amide bonds. The van der Waals surface area contributed by atoms with Crippen LogP contribution in [0, 0.1) is 5.82 Å². The van der Waals surface area contributed by atoms with Crippen molar-refractivity contribution >= 4 is 11.7 Å². The average molecular weight is 277 g/mol. The molecule has 1 aromatic heterocycles. The maximum absolute atomic E-state index is 13.3. The molecule has 1 heterocycles. The average Bonchev–Trinajstić information content (AvgIpc) is 2.85. The summed E-state index contributed by atoms with van der Waals surface area (Å²) in [6.07, 6.45) is 4.52. The first kappa shape index (κ1) is 14.0. The highest BCUT2D eigenvalue weighted by Crippen LogP contribution is 2.16. The summed E-state index contributed by atoms with van der Waals surface area (Å²) in [5.74, 6) is -2.01. The largest absolute Gasteiger partial charge is 0.478 e. The van der Waals surface area contributed by atoms with Crippen LogP contribution in [0.15, 0.2) is 30.7 Å². The summed E-state index contributed by atoms with van der Waals surface area (Å²) in [7, 11) is 0. The lowest BCUT2D eigenvalue weighted by atomic mass is 10.2. The summed E-state index contributed by atoms with van der Waals surface area (Å²) in [6, 6.07) is 3.95. The molecule has 1 aromatic carbocycles. The second-order valence-electron chi connectivity index (χ2n) is 4.43. The van der Waals surface area contributed by atoms with Crippen LogP contribution in [0.3, 0.4) is 0 Å². The van der Waals surface area contributed by atoms with Crippen LogP contribution in [-0.4, -0.2) is 20.6 Å². The van der Waals surface area contributed by atoms with Gasteiger partial charge in [-0.1, -0.05) is 6.92 Å². The molecule has 20 heavy (non-hydrogen) atoms. The Kier molecular flexibility index (Phi) is 4.34. The van der Waals surface area contributed by atoms with Gasteiger partial charge in [0.2, 0.25) is 0 Å². The number of benzene rings is 1. The van der Waals surface area contributed by atoms with Gasteiger partial charge in [0.15, 0.2) is 0 Å². The first-order valence-corrected chi connectivity index (χ1v) is 6.37. The van der Waals surface area contributed by atoms with Crippen molar-refractivity contribution in [3.63, 3.8) is 0 Å². The number of anilines is 1. The monoisotopic (exact) mass is 277 g/mol. The third-order valence-corrected chi connectivity index (χ3v) is 2.93. The molecule has 2 rings (SSSR count). The smallest absolute Gasteiger partial charge is 0.338 e. The van der Waals surface area contributed by atoms with Gasteiger partial charge in [0, 0.05) is 18.4 Å². The number of aromatic nitrogens is 2. The van der Waals surface area contributed by atoms with Crippen LogP contribution in [0.25, 0.3) is 0 Å². The maximum Gasteiger partial charge on any atom is 0.338 e. The van der Waals surface area contributed by atoms with Gasteiger partial charge in [0.05, 0.1) is 24.1 Å². The number of hydrogen-bond acceptors (Lipinski definition) is 3. The van der Waals surface area contributed by atoms with E-state index in [1.807, 2.05) is 4.57 Å². The van der Waals surface area contributed by atoms with Crippen molar-refractivity contribution in [1.29, 1.82) is 0 Å². The summed E-state index contributed by atoms with van der Waals surface area (Å²) in [5.41, 5.74) is 1.22. The molecule has 0 atom stereocenters. The van der Waals surface area contributed by atoms with Gasteiger partial charge in [0.25, 0.3) is 0 Å². The molecule has 5 nitrogen and oxygen atoms in total. The Morgan fingerprint density at radius 3 is 3.00 bits per heavy atom. The van der Waals surface area contributed by atoms with E-state index in [4.69, 9.17) is 5.11 Å². The number of aromatic carboxylic acids is 1. The summed E-state index contributed by atoms with van der Waals surface area (Å²) >= 11 is 0.